The molecule has 0 aliphatic rings. The molecular formula is C13H22N2O3S. The zero-order valence-corrected chi connectivity index (χ0v) is 12.5. The number of methoxy groups -OCH3 is 1. The van der Waals surface area contributed by atoms with Crippen LogP contribution in [0, 0.1) is 0 Å². The number of hydrogen-bond acceptors (Lipinski definition) is 4. The van der Waals surface area contributed by atoms with Gasteiger partial charge in [-0.3, -0.25) is 4.72 Å². The standard InChI is InChI=1S/C13H22N2O3S/c1-13(2,10-14)11-4-6-12(7-5-11)15-19(16,17)9-8-18-3/h4-7,15H,8-10,14H2,1-3H3. The van der Waals surface area contributed by atoms with E-state index < -0.39 is 10.0 Å². The van der Waals surface area contributed by atoms with Crippen LogP contribution in [0.25, 0.3) is 0 Å². The molecule has 0 bridgehead atoms. The lowest BCUT2D eigenvalue weighted by molar-refractivity contribution is 0.217. The van der Waals surface area contributed by atoms with E-state index in [9.17, 15) is 8.42 Å². The highest BCUT2D eigenvalue weighted by atomic mass is 32.2. The number of ether oxygens (including phenoxy) is 1. The van der Waals surface area contributed by atoms with Crippen LogP contribution >= 0.6 is 0 Å². The van der Waals surface area contributed by atoms with Crippen LogP contribution in [0.1, 0.15) is 19.4 Å². The number of sulfonamides is 1. The monoisotopic (exact) mass is 286 g/mol. The molecule has 0 radical (unpaired) electrons. The largest absolute Gasteiger partial charge is 0.384 e. The number of nitrogens with two attached hydrogens (primary N) is 1. The molecule has 0 spiro atoms. The molecule has 0 aliphatic carbocycles. The zero-order chi connectivity index (χ0) is 14.5. The van der Waals surface area contributed by atoms with Gasteiger partial charge in [-0.05, 0) is 17.7 Å². The predicted molar refractivity (Wildman–Crippen MR) is 77.8 cm³/mol. The molecule has 1 aromatic carbocycles. The Morgan fingerprint density at radius 2 is 1.84 bits per heavy atom. The highest BCUT2D eigenvalue weighted by Gasteiger charge is 2.18. The summed E-state index contributed by atoms with van der Waals surface area (Å²) in [5.74, 6) is -0.0560. The summed E-state index contributed by atoms with van der Waals surface area (Å²) in [7, 11) is -1.88. The lowest BCUT2D eigenvalue weighted by atomic mass is 9.85. The third kappa shape index (κ3) is 4.81. The van der Waals surface area contributed by atoms with E-state index in [1.54, 1.807) is 12.1 Å². The van der Waals surface area contributed by atoms with Crippen molar-refractivity contribution in [2.45, 2.75) is 19.3 Å². The number of benzene rings is 1. The van der Waals surface area contributed by atoms with E-state index >= 15 is 0 Å². The quantitative estimate of drug-likeness (QED) is 0.792. The van der Waals surface area contributed by atoms with Gasteiger partial charge in [0, 0.05) is 24.8 Å². The maximum Gasteiger partial charge on any atom is 0.234 e. The van der Waals surface area contributed by atoms with Crippen molar-refractivity contribution in [1.29, 1.82) is 0 Å². The van der Waals surface area contributed by atoms with Gasteiger partial charge in [-0.1, -0.05) is 26.0 Å². The first-order chi connectivity index (χ1) is 8.80. The zero-order valence-electron chi connectivity index (χ0n) is 11.6. The topological polar surface area (TPSA) is 81.4 Å². The van der Waals surface area contributed by atoms with Gasteiger partial charge in [0.15, 0.2) is 0 Å². The average Bonchev–Trinajstić information content (AvgIpc) is 2.36. The molecule has 0 unspecified atom stereocenters. The van der Waals surface area contributed by atoms with E-state index in [1.807, 2.05) is 26.0 Å². The van der Waals surface area contributed by atoms with E-state index in [4.69, 9.17) is 10.5 Å². The predicted octanol–water partition coefficient (Wildman–Crippen LogP) is 1.31. The Balaban J connectivity index is 2.78. The second-order valence-corrected chi connectivity index (χ2v) is 6.92. The van der Waals surface area contributed by atoms with Crippen LogP contribution in [-0.2, 0) is 20.2 Å². The first kappa shape index (κ1) is 15.9. The molecule has 0 atom stereocenters. The summed E-state index contributed by atoms with van der Waals surface area (Å²) < 4.78 is 30.6. The molecular weight excluding hydrogens is 264 g/mol. The Kier molecular flexibility index (Phi) is 5.34. The molecule has 0 fully saturated rings. The van der Waals surface area contributed by atoms with Crippen molar-refractivity contribution in [1.82, 2.24) is 0 Å². The minimum Gasteiger partial charge on any atom is -0.384 e. The molecule has 1 aromatic rings. The van der Waals surface area contributed by atoms with Crippen molar-refractivity contribution in [3.8, 4) is 0 Å². The van der Waals surface area contributed by atoms with Gasteiger partial charge < -0.3 is 10.5 Å². The van der Waals surface area contributed by atoms with E-state index in [0.29, 0.717) is 12.2 Å². The molecule has 5 nitrogen and oxygen atoms in total. The van der Waals surface area contributed by atoms with Crippen LogP contribution in [0.5, 0.6) is 0 Å². The lowest BCUT2D eigenvalue weighted by Crippen LogP contribution is -2.28. The van der Waals surface area contributed by atoms with Gasteiger partial charge in [-0.2, -0.15) is 0 Å². The maximum absolute atomic E-state index is 11.7. The highest BCUT2D eigenvalue weighted by Crippen LogP contribution is 2.23. The van der Waals surface area contributed by atoms with Gasteiger partial charge in [0.1, 0.15) is 0 Å². The van der Waals surface area contributed by atoms with E-state index in [1.165, 1.54) is 7.11 Å². The lowest BCUT2D eigenvalue weighted by Gasteiger charge is -2.23. The summed E-state index contributed by atoms with van der Waals surface area (Å²) >= 11 is 0. The summed E-state index contributed by atoms with van der Waals surface area (Å²) in [4.78, 5) is 0. The first-order valence-electron chi connectivity index (χ1n) is 6.11. The molecule has 0 amide bonds. The fourth-order valence-electron chi connectivity index (χ4n) is 1.53. The molecule has 0 saturated carbocycles. The Morgan fingerprint density at radius 3 is 2.32 bits per heavy atom. The molecule has 0 aromatic heterocycles. The third-order valence-corrected chi connectivity index (χ3v) is 4.26. The van der Waals surface area contributed by atoms with Gasteiger partial charge in [0.05, 0.1) is 12.4 Å². The van der Waals surface area contributed by atoms with E-state index in [-0.39, 0.29) is 17.8 Å². The van der Waals surface area contributed by atoms with Gasteiger partial charge in [0.25, 0.3) is 0 Å². The smallest absolute Gasteiger partial charge is 0.234 e. The van der Waals surface area contributed by atoms with Crippen molar-refractivity contribution in [3.63, 3.8) is 0 Å². The summed E-state index contributed by atoms with van der Waals surface area (Å²) in [6.07, 6.45) is 0. The molecule has 0 aliphatic heterocycles. The first-order valence-corrected chi connectivity index (χ1v) is 7.76. The summed E-state index contributed by atoms with van der Waals surface area (Å²) in [6, 6.07) is 7.27. The number of nitrogens with one attached hydrogen (secondary N) is 1. The second-order valence-electron chi connectivity index (χ2n) is 5.08. The van der Waals surface area contributed by atoms with Gasteiger partial charge >= 0.3 is 0 Å². The van der Waals surface area contributed by atoms with Crippen LogP contribution < -0.4 is 10.5 Å². The van der Waals surface area contributed by atoms with Crippen LogP contribution in [0.4, 0.5) is 5.69 Å². The van der Waals surface area contributed by atoms with Gasteiger partial charge in [-0.15, -0.1) is 0 Å². The molecule has 0 heterocycles. The summed E-state index contributed by atoms with van der Waals surface area (Å²) in [5, 5.41) is 0. The van der Waals surface area contributed by atoms with Crippen LogP contribution in [0.2, 0.25) is 0 Å². The van der Waals surface area contributed by atoms with Crippen molar-refractivity contribution in [2.75, 3.05) is 30.7 Å². The number of anilines is 1. The van der Waals surface area contributed by atoms with Gasteiger partial charge in [0.2, 0.25) is 10.0 Å². The molecule has 19 heavy (non-hydrogen) atoms. The molecule has 3 N–H and O–H groups in total. The van der Waals surface area contributed by atoms with Gasteiger partial charge in [-0.25, -0.2) is 8.42 Å². The number of hydrogen-bond donors (Lipinski definition) is 2. The number of rotatable bonds is 7. The van der Waals surface area contributed by atoms with Crippen molar-refractivity contribution in [2.24, 2.45) is 5.73 Å². The van der Waals surface area contributed by atoms with E-state index in [0.717, 1.165) is 5.56 Å². The minimum absolute atomic E-state index is 0.0560. The Bertz CT molecular complexity index is 495. The van der Waals surface area contributed by atoms with Crippen LogP contribution in [0.3, 0.4) is 0 Å². The molecule has 108 valence electrons. The Labute approximate surface area is 115 Å². The average molecular weight is 286 g/mol. The van der Waals surface area contributed by atoms with Crippen LogP contribution in [0.15, 0.2) is 24.3 Å². The van der Waals surface area contributed by atoms with Crippen molar-refractivity contribution < 1.29 is 13.2 Å². The SMILES string of the molecule is COCCS(=O)(=O)Nc1ccc(C(C)(C)CN)cc1. The van der Waals surface area contributed by atoms with E-state index in [2.05, 4.69) is 4.72 Å². The maximum atomic E-state index is 11.7. The van der Waals surface area contributed by atoms with Crippen molar-refractivity contribution >= 4 is 15.7 Å². The summed E-state index contributed by atoms with van der Waals surface area (Å²) in [5.41, 5.74) is 7.22. The molecule has 1 rings (SSSR count). The second kappa shape index (κ2) is 6.36. The molecule has 0 saturated heterocycles. The van der Waals surface area contributed by atoms with Crippen molar-refractivity contribution in [3.05, 3.63) is 29.8 Å². The summed E-state index contributed by atoms with van der Waals surface area (Å²) in [6.45, 7) is 4.80. The Hall–Kier alpha value is -1.11. The fraction of sp³-hybridized carbons (Fsp3) is 0.538. The fourth-order valence-corrected chi connectivity index (χ4v) is 2.51. The third-order valence-electron chi connectivity index (χ3n) is 3.01. The Morgan fingerprint density at radius 1 is 1.26 bits per heavy atom. The highest BCUT2D eigenvalue weighted by molar-refractivity contribution is 7.92. The molecule has 6 heteroatoms. The van der Waals surface area contributed by atoms with Crippen LogP contribution in [-0.4, -0.2) is 34.4 Å². The minimum atomic E-state index is -3.35. The normalized spacial score (nSPS) is 12.4.